The Morgan fingerprint density at radius 2 is 1.81 bits per heavy atom. The maximum absolute atomic E-state index is 12.1. The van der Waals surface area contributed by atoms with Gasteiger partial charge >= 0.3 is 12.0 Å². The summed E-state index contributed by atoms with van der Waals surface area (Å²) in [7, 11) is 1.85. The summed E-state index contributed by atoms with van der Waals surface area (Å²) >= 11 is 0. The number of nitrogens with one attached hydrogen (secondary N) is 1. The second-order valence-electron chi connectivity index (χ2n) is 5.56. The molecule has 2 N–H and O–H groups in total. The van der Waals surface area contributed by atoms with Crippen LogP contribution in [0.2, 0.25) is 0 Å². The Labute approximate surface area is 125 Å². The minimum absolute atomic E-state index is 0.0655. The topological polar surface area (TPSA) is 69.6 Å². The van der Waals surface area contributed by atoms with Crippen molar-refractivity contribution < 1.29 is 14.7 Å². The third-order valence-corrected chi connectivity index (χ3v) is 4.09. The molecule has 0 spiro atoms. The molecular weight excluding hydrogens is 268 g/mol. The van der Waals surface area contributed by atoms with E-state index in [0.29, 0.717) is 12.6 Å². The molecule has 2 amide bonds. The first-order valence-electron chi connectivity index (χ1n) is 7.41. The zero-order chi connectivity index (χ0) is 15.2. The van der Waals surface area contributed by atoms with Gasteiger partial charge < -0.3 is 15.3 Å². The summed E-state index contributed by atoms with van der Waals surface area (Å²) in [6.07, 6.45) is 5.81. The van der Waals surface area contributed by atoms with E-state index in [1.165, 1.54) is 19.3 Å². The minimum Gasteiger partial charge on any atom is -0.478 e. The highest BCUT2D eigenvalue weighted by Crippen LogP contribution is 2.21. The predicted molar refractivity (Wildman–Crippen MR) is 80.3 cm³/mol. The van der Waals surface area contributed by atoms with Crippen molar-refractivity contribution in [2.45, 2.75) is 44.7 Å². The van der Waals surface area contributed by atoms with Gasteiger partial charge in [0.1, 0.15) is 0 Å². The number of carbonyl (C=O) groups excluding carboxylic acids is 1. The van der Waals surface area contributed by atoms with E-state index >= 15 is 0 Å². The number of nitrogens with zero attached hydrogens (tertiary/aromatic N) is 1. The average Bonchev–Trinajstić information content (AvgIpc) is 2.53. The number of hydrogen-bond donors (Lipinski definition) is 2. The third-order valence-electron chi connectivity index (χ3n) is 4.09. The Kier molecular flexibility index (Phi) is 5.20. The number of benzene rings is 1. The Bertz CT molecular complexity index is 493. The van der Waals surface area contributed by atoms with Crippen LogP contribution in [0.25, 0.3) is 0 Å². The fraction of sp³-hybridized carbons (Fsp3) is 0.500. The van der Waals surface area contributed by atoms with Gasteiger partial charge in [0, 0.05) is 19.6 Å². The molecule has 5 heteroatoms. The van der Waals surface area contributed by atoms with Crippen molar-refractivity contribution in [1.82, 2.24) is 10.2 Å². The normalized spacial score (nSPS) is 15.5. The molecule has 21 heavy (non-hydrogen) atoms. The van der Waals surface area contributed by atoms with Gasteiger partial charge in [-0.2, -0.15) is 0 Å². The summed E-state index contributed by atoms with van der Waals surface area (Å²) in [6, 6.07) is 6.83. The molecule has 1 aliphatic rings. The smallest absolute Gasteiger partial charge is 0.335 e. The van der Waals surface area contributed by atoms with E-state index in [1.54, 1.807) is 29.2 Å². The van der Waals surface area contributed by atoms with Crippen LogP contribution < -0.4 is 5.32 Å². The van der Waals surface area contributed by atoms with Crippen molar-refractivity contribution in [3.05, 3.63) is 35.4 Å². The molecule has 1 saturated carbocycles. The van der Waals surface area contributed by atoms with Crippen molar-refractivity contribution >= 4 is 12.0 Å². The lowest BCUT2D eigenvalue weighted by Gasteiger charge is -2.31. The molecule has 1 aromatic rings. The number of carboxylic acids is 1. The van der Waals surface area contributed by atoms with Crippen LogP contribution in [-0.4, -0.2) is 35.1 Å². The number of aromatic carboxylic acids is 1. The number of hydrogen-bond acceptors (Lipinski definition) is 2. The molecule has 0 aromatic heterocycles. The van der Waals surface area contributed by atoms with Crippen LogP contribution in [0, 0.1) is 0 Å². The van der Waals surface area contributed by atoms with Gasteiger partial charge in [0.15, 0.2) is 0 Å². The van der Waals surface area contributed by atoms with Gasteiger partial charge in [0.05, 0.1) is 5.56 Å². The van der Waals surface area contributed by atoms with E-state index in [-0.39, 0.29) is 11.6 Å². The molecule has 0 radical (unpaired) electrons. The van der Waals surface area contributed by atoms with Crippen molar-refractivity contribution in [1.29, 1.82) is 0 Å². The van der Waals surface area contributed by atoms with E-state index < -0.39 is 5.97 Å². The maximum atomic E-state index is 12.1. The largest absolute Gasteiger partial charge is 0.478 e. The molecule has 114 valence electrons. The van der Waals surface area contributed by atoms with E-state index in [4.69, 9.17) is 5.11 Å². The van der Waals surface area contributed by atoms with E-state index in [9.17, 15) is 9.59 Å². The standard InChI is InChI=1S/C16H22N2O3/c1-18(14-5-3-2-4-6-14)16(21)17-11-12-7-9-13(10-8-12)15(19)20/h7-10,14H,2-6,11H2,1H3,(H,17,21)(H,19,20). The second kappa shape index (κ2) is 7.11. The van der Waals surface area contributed by atoms with Gasteiger partial charge in [0.25, 0.3) is 0 Å². The van der Waals surface area contributed by atoms with Gasteiger partial charge in [-0.05, 0) is 30.5 Å². The Morgan fingerprint density at radius 1 is 1.19 bits per heavy atom. The van der Waals surface area contributed by atoms with E-state index in [2.05, 4.69) is 5.32 Å². The summed E-state index contributed by atoms with van der Waals surface area (Å²) < 4.78 is 0. The molecule has 0 unspecified atom stereocenters. The summed E-state index contributed by atoms with van der Waals surface area (Å²) in [5.74, 6) is -0.942. The summed E-state index contributed by atoms with van der Waals surface area (Å²) in [5, 5.41) is 11.7. The van der Waals surface area contributed by atoms with Gasteiger partial charge in [-0.25, -0.2) is 9.59 Å². The van der Waals surface area contributed by atoms with Crippen molar-refractivity contribution in [2.75, 3.05) is 7.05 Å². The minimum atomic E-state index is -0.942. The van der Waals surface area contributed by atoms with E-state index in [1.807, 2.05) is 7.05 Å². The number of carboxylic acid groups (broad SMARTS) is 1. The van der Waals surface area contributed by atoms with Crippen LogP contribution in [0.3, 0.4) is 0 Å². The first kappa shape index (κ1) is 15.4. The number of urea groups is 1. The monoisotopic (exact) mass is 290 g/mol. The maximum Gasteiger partial charge on any atom is 0.335 e. The highest BCUT2D eigenvalue weighted by atomic mass is 16.4. The zero-order valence-electron chi connectivity index (χ0n) is 12.3. The number of rotatable bonds is 4. The lowest BCUT2D eigenvalue weighted by molar-refractivity contribution is 0.0697. The lowest BCUT2D eigenvalue weighted by Crippen LogP contribution is -2.44. The Balaban J connectivity index is 1.83. The average molecular weight is 290 g/mol. The molecule has 1 fully saturated rings. The van der Waals surface area contributed by atoms with Gasteiger partial charge in [-0.1, -0.05) is 31.4 Å². The first-order valence-corrected chi connectivity index (χ1v) is 7.41. The molecule has 2 rings (SSSR count). The molecule has 0 saturated heterocycles. The van der Waals surface area contributed by atoms with Gasteiger partial charge in [0.2, 0.25) is 0 Å². The van der Waals surface area contributed by atoms with Crippen molar-refractivity contribution in [3.63, 3.8) is 0 Å². The van der Waals surface area contributed by atoms with Crippen LogP contribution in [0.4, 0.5) is 4.79 Å². The molecule has 0 aliphatic heterocycles. The van der Waals surface area contributed by atoms with Crippen LogP contribution in [0.5, 0.6) is 0 Å². The zero-order valence-corrected chi connectivity index (χ0v) is 12.3. The lowest BCUT2D eigenvalue weighted by atomic mass is 9.95. The second-order valence-corrected chi connectivity index (χ2v) is 5.56. The molecule has 0 atom stereocenters. The predicted octanol–water partition coefficient (Wildman–Crippen LogP) is 2.86. The quantitative estimate of drug-likeness (QED) is 0.895. The van der Waals surface area contributed by atoms with Gasteiger partial charge in [-0.3, -0.25) is 0 Å². The summed E-state index contributed by atoms with van der Waals surface area (Å²) in [5.41, 5.74) is 1.15. The molecule has 1 aromatic carbocycles. The number of carbonyl (C=O) groups is 2. The molecule has 0 heterocycles. The van der Waals surface area contributed by atoms with Crippen LogP contribution >= 0.6 is 0 Å². The molecule has 5 nitrogen and oxygen atoms in total. The molecule has 1 aliphatic carbocycles. The van der Waals surface area contributed by atoms with Gasteiger partial charge in [-0.15, -0.1) is 0 Å². The SMILES string of the molecule is CN(C(=O)NCc1ccc(C(=O)O)cc1)C1CCCCC1. The Morgan fingerprint density at radius 3 is 2.38 bits per heavy atom. The van der Waals surface area contributed by atoms with Crippen molar-refractivity contribution in [3.8, 4) is 0 Å². The fourth-order valence-electron chi connectivity index (χ4n) is 2.70. The van der Waals surface area contributed by atoms with Crippen LogP contribution in [0.15, 0.2) is 24.3 Å². The fourth-order valence-corrected chi connectivity index (χ4v) is 2.70. The summed E-state index contributed by atoms with van der Waals surface area (Å²) in [6.45, 7) is 0.412. The Hall–Kier alpha value is -2.04. The highest BCUT2D eigenvalue weighted by Gasteiger charge is 2.21. The third kappa shape index (κ3) is 4.21. The van der Waals surface area contributed by atoms with E-state index in [0.717, 1.165) is 18.4 Å². The van der Waals surface area contributed by atoms with Crippen LogP contribution in [-0.2, 0) is 6.54 Å². The van der Waals surface area contributed by atoms with Crippen LogP contribution in [0.1, 0.15) is 48.0 Å². The highest BCUT2D eigenvalue weighted by molar-refractivity contribution is 5.87. The summed E-state index contributed by atoms with van der Waals surface area (Å²) in [4.78, 5) is 24.7. The first-order chi connectivity index (χ1) is 10.1. The molecular formula is C16H22N2O3. The van der Waals surface area contributed by atoms with Crippen molar-refractivity contribution in [2.24, 2.45) is 0 Å². The molecule has 0 bridgehead atoms. The number of amides is 2.